The van der Waals surface area contributed by atoms with Crippen LogP contribution in [0.5, 0.6) is 11.5 Å². The normalized spacial score (nSPS) is 12.4. The molecule has 3 aromatic carbocycles. The standard InChI is InChI=1S/C33H31N3O7S/c1-3-41-22-16-13-21(14-17-22)32(39)43-26-18-15-20-9-5-6-10-23(20)25(26)19-34-36-30(38)29(37)35-31-28(33(40)42-4-2)24-11-7-8-12-27(24)44-31/h5-6,9-10,13-19H,3-4,7-8,11-12H2,1-2H3,(H,35,37)(H,36,38). The maximum Gasteiger partial charge on any atom is 0.343 e. The van der Waals surface area contributed by atoms with Gasteiger partial charge < -0.3 is 19.5 Å². The summed E-state index contributed by atoms with van der Waals surface area (Å²) >= 11 is 1.29. The summed E-state index contributed by atoms with van der Waals surface area (Å²) in [4.78, 5) is 52.2. The number of esters is 2. The van der Waals surface area contributed by atoms with Crippen LogP contribution in [0, 0.1) is 0 Å². The Hall–Kier alpha value is -5.03. The molecule has 0 saturated carbocycles. The molecule has 0 spiro atoms. The number of benzene rings is 3. The molecule has 1 aliphatic rings. The molecule has 5 rings (SSSR count). The SMILES string of the molecule is CCOC(=O)c1c(NC(=O)C(=O)NN=Cc2c(OC(=O)c3ccc(OCC)cc3)ccc3ccccc23)sc2c1CCCC2. The highest BCUT2D eigenvalue weighted by Crippen LogP contribution is 2.38. The van der Waals surface area contributed by atoms with Crippen molar-refractivity contribution in [1.29, 1.82) is 0 Å². The number of carbonyl (C=O) groups is 4. The molecule has 11 heteroatoms. The van der Waals surface area contributed by atoms with Crippen LogP contribution in [-0.2, 0) is 27.2 Å². The predicted octanol–water partition coefficient (Wildman–Crippen LogP) is 5.66. The van der Waals surface area contributed by atoms with E-state index in [0.29, 0.717) is 35.5 Å². The van der Waals surface area contributed by atoms with E-state index >= 15 is 0 Å². The number of nitrogens with one attached hydrogen (secondary N) is 2. The fourth-order valence-corrected chi connectivity index (χ4v) is 6.22. The summed E-state index contributed by atoms with van der Waals surface area (Å²) in [7, 11) is 0. The average Bonchev–Trinajstić information content (AvgIpc) is 3.40. The van der Waals surface area contributed by atoms with E-state index in [9.17, 15) is 19.2 Å². The minimum Gasteiger partial charge on any atom is -0.494 e. The highest BCUT2D eigenvalue weighted by molar-refractivity contribution is 7.17. The Labute approximate surface area is 258 Å². The lowest BCUT2D eigenvalue weighted by Crippen LogP contribution is -2.32. The molecule has 0 bridgehead atoms. The van der Waals surface area contributed by atoms with Gasteiger partial charge in [-0.3, -0.25) is 9.59 Å². The van der Waals surface area contributed by atoms with Crippen molar-refractivity contribution in [2.45, 2.75) is 39.5 Å². The number of rotatable bonds is 9. The van der Waals surface area contributed by atoms with E-state index in [0.717, 1.165) is 40.5 Å². The molecule has 1 aliphatic carbocycles. The van der Waals surface area contributed by atoms with E-state index in [-0.39, 0.29) is 17.4 Å². The smallest absolute Gasteiger partial charge is 0.343 e. The fraction of sp³-hybridized carbons (Fsp3) is 0.242. The van der Waals surface area contributed by atoms with Crippen molar-refractivity contribution < 1.29 is 33.4 Å². The van der Waals surface area contributed by atoms with E-state index in [1.54, 1.807) is 43.3 Å². The fourth-order valence-electron chi connectivity index (χ4n) is 4.95. The number of carbonyl (C=O) groups excluding carboxylic acids is 4. The molecule has 10 nitrogen and oxygen atoms in total. The summed E-state index contributed by atoms with van der Waals surface area (Å²) in [6.07, 6.45) is 4.76. The topological polar surface area (TPSA) is 132 Å². The van der Waals surface area contributed by atoms with Crippen molar-refractivity contribution in [3.05, 3.63) is 87.8 Å². The lowest BCUT2D eigenvalue weighted by molar-refractivity contribution is -0.136. The lowest BCUT2D eigenvalue weighted by Gasteiger charge is -2.12. The number of amides is 2. The van der Waals surface area contributed by atoms with Gasteiger partial charge in [-0.2, -0.15) is 5.10 Å². The molecule has 0 saturated heterocycles. The van der Waals surface area contributed by atoms with Gasteiger partial charge in [0, 0.05) is 10.4 Å². The summed E-state index contributed by atoms with van der Waals surface area (Å²) in [6, 6.07) is 17.4. The third kappa shape index (κ3) is 6.78. The highest BCUT2D eigenvalue weighted by atomic mass is 32.1. The van der Waals surface area contributed by atoms with Crippen LogP contribution < -0.4 is 20.2 Å². The minimum absolute atomic E-state index is 0.192. The second-order valence-electron chi connectivity index (χ2n) is 9.83. The zero-order valence-electron chi connectivity index (χ0n) is 24.3. The number of anilines is 1. The maximum absolute atomic E-state index is 12.9. The lowest BCUT2D eigenvalue weighted by atomic mass is 9.95. The van der Waals surface area contributed by atoms with E-state index in [4.69, 9.17) is 14.2 Å². The van der Waals surface area contributed by atoms with Gasteiger partial charge in [0.05, 0.1) is 30.6 Å². The Morgan fingerprint density at radius 2 is 1.66 bits per heavy atom. The second-order valence-corrected chi connectivity index (χ2v) is 10.9. The molecular formula is C33H31N3O7S. The number of fused-ring (bicyclic) bond motifs is 2. The molecular weight excluding hydrogens is 582 g/mol. The molecule has 0 atom stereocenters. The quantitative estimate of drug-likeness (QED) is 0.0818. The van der Waals surface area contributed by atoms with Crippen LogP contribution in [0.25, 0.3) is 10.8 Å². The maximum atomic E-state index is 12.9. The van der Waals surface area contributed by atoms with Gasteiger partial charge in [-0.1, -0.05) is 30.3 Å². The molecule has 0 unspecified atom stereocenters. The summed E-state index contributed by atoms with van der Waals surface area (Å²) in [6.45, 7) is 4.28. The monoisotopic (exact) mass is 613 g/mol. The van der Waals surface area contributed by atoms with Crippen molar-refractivity contribution in [2.75, 3.05) is 18.5 Å². The summed E-state index contributed by atoms with van der Waals surface area (Å²) in [5.74, 6) is -2.27. The van der Waals surface area contributed by atoms with Gasteiger partial charge in [0.15, 0.2) is 0 Å². The van der Waals surface area contributed by atoms with Crippen molar-refractivity contribution in [1.82, 2.24) is 5.43 Å². The largest absolute Gasteiger partial charge is 0.494 e. The predicted molar refractivity (Wildman–Crippen MR) is 168 cm³/mol. The van der Waals surface area contributed by atoms with Gasteiger partial charge in [0.2, 0.25) is 0 Å². The van der Waals surface area contributed by atoms with Crippen molar-refractivity contribution in [3.63, 3.8) is 0 Å². The van der Waals surface area contributed by atoms with Gasteiger partial charge in [-0.25, -0.2) is 15.0 Å². The molecule has 1 heterocycles. The molecule has 4 aromatic rings. The van der Waals surface area contributed by atoms with Gasteiger partial charge >= 0.3 is 23.8 Å². The summed E-state index contributed by atoms with van der Waals surface area (Å²) in [5, 5.41) is 8.43. The van der Waals surface area contributed by atoms with E-state index in [1.807, 2.05) is 31.2 Å². The Kier molecular flexibility index (Phi) is 9.65. The molecule has 44 heavy (non-hydrogen) atoms. The van der Waals surface area contributed by atoms with Gasteiger partial charge in [0.25, 0.3) is 0 Å². The summed E-state index contributed by atoms with van der Waals surface area (Å²) < 4.78 is 16.4. The van der Waals surface area contributed by atoms with Crippen molar-refractivity contribution in [2.24, 2.45) is 5.10 Å². The zero-order valence-corrected chi connectivity index (χ0v) is 25.1. The number of hydrazone groups is 1. The van der Waals surface area contributed by atoms with Crippen LogP contribution in [0.1, 0.15) is 63.4 Å². The van der Waals surface area contributed by atoms with Crippen LogP contribution in [-0.4, -0.2) is 43.2 Å². The Bertz CT molecular complexity index is 1740. The Balaban J connectivity index is 1.33. The van der Waals surface area contributed by atoms with Gasteiger partial charge in [-0.15, -0.1) is 11.3 Å². The van der Waals surface area contributed by atoms with E-state index < -0.39 is 23.8 Å². The van der Waals surface area contributed by atoms with Gasteiger partial charge in [0.1, 0.15) is 16.5 Å². The molecule has 2 amide bonds. The van der Waals surface area contributed by atoms with Crippen LogP contribution >= 0.6 is 11.3 Å². The van der Waals surface area contributed by atoms with Crippen molar-refractivity contribution >= 4 is 57.1 Å². The Morgan fingerprint density at radius 3 is 2.43 bits per heavy atom. The van der Waals surface area contributed by atoms with Crippen molar-refractivity contribution in [3.8, 4) is 11.5 Å². The first-order valence-corrected chi connectivity index (χ1v) is 15.1. The first-order valence-electron chi connectivity index (χ1n) is 14.3. The van der Waals surface area contributed by atoms with E-state index in [2.05, 4.69) is 15.8 Å². The molecule has 2 N–H and O–H groups in total. The average molecular weight is 614 g/mol. The number of ether oxygens (including phenoxy) is 3. The molecule has 0 radical (unpaired) electrons. The molecule has 1 aromatic heterocycles. The number of thiophene rings is 1. The number of nitrogens with zero attached hydrogens (tertiary/aromatic N) is 1. The zero-order chi connectivity index (χ0) is 31.1. The van der Waals surface area contributed by atoms with Crippen LogP contribution in [0.4, 0.5) is 5.00 Å². The minimum atomic E-state index is -1.03. The Morgan fingerprint density at radius 1 is 0.886 bits per heavy atom. The highest BCUT2D eigenvalue weighted by Gasteiger charge is 2.28. The molecule has 226 valence electrons. The third-order valence-electron chi connectivity index (χ3n) is 6.98. The summed E-state index contributed by atoms with van der Waals surface area (Å²) in [5.41, 5.74) is 4.17. The second kappa shape index (κ2) is 14.0. The van der Waals surface area contributed by atoms with Crippen LogP contribution in [0.2, 0.25) is 0 Å². The van der Waals surface area contributed by atoms with Crippen LogP contribution in [0.15, 0.2) is 65.8 Å². The third-order valence-corrected chi connectivity index (χ3v) is 8.19. The van der Waals surface area contributed by atoms with Crippen LogP contribution in [0.3, 0.4) is 0 Å². The molecule has 0 aliphatic heterocycles. The first-order chi connectivity index (χ1) is 21.4. The first kappa shape index (κ1) is 30.4. The van der Waals surface area contributed by atoms with Gasteiger partial charge in [-0.05, 0) is 86.2 Å². The number of hydrogen-bond donors (Lipinski definition) is 2. The number of hydrogen-bond acceptors (Lipinski definition) is 9. The van der Waals surface area contributed by atoms with E-state index in [1.165, 1.54) is 17.6 Å². The number of aryl methyl sites for hydroxylation is 1. The molecule has 0 fully saturated rings.